The van der Waals surface area contributed by atoms with Crippen molar-refractivity contribution in [3.05, 3.63) is 57.0 Å². The van der Waals surface area contributed by atoms with Crippen molar-refractivity contribution >= 4 is 62.3 Å². The Morgan fingerprint density at radius 3 is 2.31 bits per heavy atom. The van der Waals surface area contributed by atoms with Gasteiger partial charge in [-0.3, -0.25) is 13.9 Å². The molecular formula is C23H28Cl3N3O5S. The maximum absolute atomic E-state index is 13.5. The van der Waals surface area contributed by atoms with E-state index < -0.39 is 28.5 Å². The highest BCUT2D eigenvalue weighted by Crippen LogP contribution is 2.30. The highest BCUT2D eigenvalue weighted by molar-refractivity contribution is 7.92. The molecule has 0 fully saturated rings. The Kier molecular flexibility index (Phi) is 10.5. The van der Waals surface area contributed by atoms with Gasteiger partial charge in [0.15, 0.2) is 0 Å². The molecule has 12 heteroatoms. The van der Waals surface area contributed by atoms with Crippen LogP contribution in [0.15, 0.2) is 36.4 Å². The van der Waals surface area contributed by atoms with E-state index in [1.165, 1.54) is 36.3 Å². The Morgan fingerprint density at radius 1 is 1.09 bits per heavy atom. The molecule has 0 aliphatic heterocycles. The van der Waals surface area contributed by atoms with Gasteiger partial charge in [-0.15, -0.1) is 0 Å². The molecule has 0 unspecified atom stereocenters. The first kappa shape index (κ1) is 29.0. The van der Waals surface area contributed by atoms with E-state index in [4.69, 9.17) is 39.5 Å². The third kappa shape index (κ3) is 7.90. The van der Waals surface area contributed by atoms with Gasteiger partial charge in [0.2, 0.25) is 21.8 Å². The first-order valence-corrected chi connectivity index (χ1v) is 13.7. The van der Waals surface area contributed by atoms with Crippen LogP contribution in [0.3, 0.4) is 0 Å². The summed E-state index contributed by atoms with van der Waals surface area (Å²) in [6, 6.07) is 8.29. The van der Waals surface area contributed by atoms with Gasteiger partial charge in [-0.2, -0.15) is 0 Å². The molecular weight excluding hydrogens is 537 g/mol. The van der Waals surface area contributed by atoms with Crippen molar-refractivity contribution in [3.63, 3.8) is 0 Å². The Labute approximate surface area is 221 Å². The zero-order chi connectivity index (χ0) is 26.3. The zero-order valence-corrected chi connectivity index (χ0v) is 22.9. The number of methoxy groups -OCH3 is 1. The molecule has 192 valence electrons. The van der Waals surface area contributed by atoms with Gasteiger partial charge in [0, 0.05) is 23.1 Å². The summed E-state index contributed by atoms with van der Waals surface area (Å²) in [5.41, 5.74) is 0.733. The van der Waals surface area contributed by atoms with Crippen LogP contribution in [0.1, 0.15) is 25.8 Å². The molecule has 35 heavy (non-hydrogen) atoms. The third-order valence-corrected chi connectivity index (χ3v) is 7.20. The van der Waals surface area contributed by atoms with E-state index in [1.807, 2.05) is 6.92 Å². The number of sulfonamides is 1. The maximum atomic E-state index is 13.5. The summed E-state index contributed by atoms with van der Waals surface area (Å²) in [7, 11) is -2.45. The number of nitrogens with zero attached hydrogens (tertiary/aromatic N) is 2. The number of amides is 2. The first-order valence-electron chi connectivity index (χ1n) is 10.7. The quantitative estimate of drug-likeness (QED) is 0.437. The predicted molar refractivity (Wildman–Crippen MR) is 140 cm³/mol. The van der Waals surface area contributed by atoms with Crippen LogP contribution in [-0.2, 0) is 26.2 Å². The Bertz CT molecular complexity index is 1180. The fourth-order valence-electron chi connectivity index (χ4n) is 3.24. The Balaban J connectivity index is 2.43. The number of rotatable bonds is 11. The highest BCUT2D eigenvalue weighted by atomic mass is 35.5. The predicted octanol–water partition coefficient (Wildman–Crippen LogP) is 4.36. The number of benzene rings is 2. The molecule has 2 aromatic carbocycles. The molecule has 2 aromatic rings. The van der Waals surface area contributed by atoms with Gasteiger partial charge < -0.3 is 15.0 Å². The topological polar surface area (TPSA) is 96.0 Å². The van der Waals surface area contributed by atoms with Crippen LogP contribution in [0.4, 0.5) is 5.69 Å². The van der Waals surface area contributed by atoms with Crippen LogP contribution in [-0.4, -0.2) is 57.6 Å². The second-order valence-electron chi connectivity index (χ2n) is 7.81. The normalized spacial score (nSPS) is 12.1. The summed E-state index contributed by atoms with van der Waals surface area (Å²) < 4.78 is 31.3. The number of hydrogen-bond acceptors (Lipinski definition) is 5. The van der Waals surface area contributed by atoms with Gasteiger partial charge in [-0.25, -0.2) is 8.42 Å². The average molecular weight is 565 g/mol. The van der Waals surface area contributed by atoms with Gasteiger partial charge in [-0.05, 0) is 49.2 Å². The number of carbonyl (C=O) groups is 2. The second-order valence-corrected chi connectivity index (χ2v) is 11.0. The lowest BCUT2D eigenvalue weighted by molar-refractivity contribution is -0.139. The molecule has 0 aromatic heterocycles. The average Bonchev–Trinajstić information content (AvgIpc) is 2.79. The SMILES string of the molecule is CCCNC(=O)[C@H](C)N(Cc1ccc(Cl)cc1Cl)C(=O)CN(c1ccc(OC)c(Cl)c1)S(C)(=O)=O. The maximum Gasteiger partial charge on any atom is 0.244 e. The molecule has 1 atom stereocenters. The van der Waals surface area contributed by atoms with Crippen molar-refractivity contribution in [2.75, 3.05) is 30.8 Å². The Morgan fingerprint density at radius 2 is 1.77 bits per heavy atom. The number of nitrogens with one attached hydrogen (secondary N) is 1. The summed E-state index contributed by atoms with van der Waals surface area (Å²) in [4.78, 5) is 27.5. The van der Waals surface area contributed by atoms with E-state index in [0.717, 1.165) is 17.0 Å². The van der Waals surface area contributed by atoms with Crippen LogP contribution in [0.5, 0.6) is 5.75 Å². The van der Waals surface area contributed by atoms with Gasteiger partial charge in [-0.1, -0.05) is 47.8 Å². The standard InChI is InChI=1S/C23H28Cl3N3O5S/c1-5-10-27-23(31)15(2)28(13-16-6-7-17(24)11-19(16)25)22(30)14-29(35(4,32)33)18-8-9-21(34-3)20(26)12-18/h6-9,11-12,15H,5,10,13-14H2,1-4H3,(H,27,31)/t15-/m0/s1. The molecule has 2 rings (SSSR count). The summed E-state index contributed by atoms with van der Waals surface area (Å²) in [5, 5.41) is 3.68. The minimum Gasteiger partial charge on any atom is -0.495 e. The van der Waals surface area contributed by atoms with Crippen molar-refractivity contribution in [2.24, 2.45) is 0 Å². The number of ether oxygens (including phenoxy) is 1. The van der Waals surface area contributed by atoms with E-state index in [-0.39, 0.29) is 23.2 Å². The smallest absolute Gasteiger partial charge is 0.244 e. The van der Waals surface area contributed by atoms with Crippen molar-refractivity contribution in [1.82, 2.24) is 10.2 Å². The summed E-state index contributed by atoms with van der Waals surface area (Å²) in [6.07, 6.45) is 1.70. The van der Waals surface area contributed by atoms with E-state index >= 15 is 0 Å². The largest absolute Gasteiger partial charge is 0.495 e. The van der Waals surface area contributed by atoms with Crippen LogP contribution < -0.4 is 14.4 Å². The summed E-state index contributed by atoms with van der Waals surface area (Å²) in [5.74, 6) is -0.619. The summed E-state index contributed by atoms with van der Waals surface area (Å²) in [6.45, 7) is 3.33. The molecule has 0 aliphatic rings. The van der Waals surface area contributed by atoms with Crippen LogP contribution in [0, 0.1) is 0 Å². The molecule has 0 spiro atoms. The van der Waals surface area contributed by atoms with Crippen molar-refractivity contribution in [3.8, 4) is 5.75 Å². The number of anilines is 1. The molecule has 0 saturated carbocycles. The molecule has 8 nitrogen and oxygen atoms in total. The molecule has 0 aliphatic carbocycles. The van der Waals surface area contributed by atoms with Crippen LogP contribution in [0.2, 0.25) is 15.1 Å². The van der Waals surface area contributed by atoms with Crippen molar-refractivity contribution < 1.29 is 22.7 Å². The third-order valence-electron chi connectivity index (χ3n) is 5.17. The molecule has 2 amide bonds. The minimum atomic E-state index is -3.89. The lowest BCUT2D eigenvalue weighted by Crippen LogP contribution is -2.51. The number of halogens is 3. The number of hydrogen-bond donors (Lipinski definition) is 1. The van der Waals surface area contributed by atoms with Crippen LogP contribution in [0.25, 0.3) is 0 Å². The van der Waals surface area contributed by atoms with Gasteiger partial charge in [0.25, 0.3) is 0 Å². The van der Waals surface area contributed by atoms with E-state index in [2.05, 4.69) is 5.32 Å². The monoisotopic (exact) mass is 563 g/mol. The zero-order valence-electron chi connectivity index (χ0n) is 19.8. The fourth-order valence-corrected chi connectivity index (χ4v) is 4.80. The summed E-state index contributed by atoms with van der Waals surface area (Å²) >= 11 is 18.5. The molecule has 0 bridgehead atoms. The fraction of sp³-hybridized carbons (Fsp3) is 0.391. The van der Waals surface area contributed by atoms with E-state index in [1.54, 1.807) is 19.1 Å². The molecule has 0 saturated heterocycles. The molecule has 0 heterocycles. The lowest BCUT2D eigenvalue weighted by Gasteiger charge is -2.31. The van der Waals surface area contributed by atoms with E-state index in [9.17, 15) is 18.0 Å². The molecule has 0 radical (unpaired) electrons. The Hall–Kier alpha value is -2.20. The highest BCUT2D eigenvalue weighted by Gasteiger charge is 2.30. The van der Waals surface area contributed by atoms with Gasteiger partial charge >= 0.3 is 0 Å². The lowest BCUT2D eigenvalue weighted by atomic mass is 10.1. The van der Waals surface area contributed by atoms with Gasteiger partial charge in [0.05, 0.1) is 24.1 Å². The first-order chi connectivity index (χ1) is 16.4. The van der Waals surface area contributed by atoms with E-state index in [0.29, 0.717) is 27.9 Å². The van der Waals surface area contributed by atoms with Crippen molar-refractivity contribution in [2.45, 2.75) is 32.9 Å². The van der Waals surface area contributed by atoms with Gasteiger partial charge in [0.1, 0.15) is 18.3 Å². The second kappa shape index (κ2) is 12.7. The minimum absolute atomic E-state index is 0.0312. The van der Waals surface area contributed by atoms with Crippen LogP contribution >= 0.6 is 34.8 Å². The van der Waals surface area contributed by atoms with Crippen molar-refractivity contribution in [1.29, 1.82) is 0 Å². The molecule has 1 N–H and O–H groups in total. The number of carbonyl (C=O) groups excluding carboxylic acids is 2.